The van der Waals surface area contributed by atoms with Crippen LogP contribution in [0.2, 0.25) is 0 Å². The fourth-order valence-corrected chi connectivity index (χ4v) is 4.61. The van der Waals surface area contributed by atoms with E-state index in [9.17, 15) is 9.90 Å². The lowest BCUT2D eigenvalue weighted by Crippen LogP contribution is -2.38. The van der Waals surface area contributed by atoms with Gasteiger partial charge in [0, 0.05) is 43.6 Å². The minimum atomic E-state index is -0.224. The Hall–Kier alpha value is -3.39. The molecule has 2 aliphatic heterocycles. The number of H-pyrrole nitrogens is 1. The Morgan fingerprint density at radius 2 is 2.21 bits per heavy atom. The number of allylic oxidation sites excluding steroid dienone is 1. The maximum Gasteiger partial charge on any atom is 0.229 e. The van der Waals surface area contributed by atoms with E-state index in [1.54, 1.807) is 13.2 Å². The highest BCUT2D eigenvalue weighted by Gasteiger charge is 2.28. The van der Waals surface area contributed by atoms with E-state index in [4.69, 9.17) is 14.5 Å². The largest absolute Gasteiger partial charge is 0.507 e. The van der Waals surface area contributed by atoms with Crippen molar-refractivity contribution in [2.45, 2.75) is 25.7 Å². The monoisotopic (exact) mass is 448 g/mol. The van der Waals surface area contributed by atoms with Gasteiger partial charge in [0.25, 0.3) is 0 Å². The first-order chi connectivity index (χ1) is 16.1. The lowest BCUT2D eigenvalue weighted by molar-refractivity contribution is -0.134. The number of hydrogen-bond acceptors (Lipinski definition) is 6. The molecule has 3 aliphatic rings. The Morgan fingerprint density at radius 3 is 3.09 bits per heavy atom. The smallest absolute Gasteiger partial charge is 0.229 e. The van der Waals surface area contributed by atoms with E-state index in [-0.39, 0.29) is 17.6 Å². The highest BCUT2D eigenvalue weighted by atomic mass is 16.5. The number of imidazole rings is 1. The van der Waals surface area contributed by atoms with E-state index < -0.39 is 0 Å². The van der Waals surface area contributed by atoms with Crippen molar-refractivity contribution in [2.24, 2.45) is 10.9 Å². The maximum atomic E-state index is 13.0. The fourth-order valence-electron chi connectivity index (χ4n) is 4.61. The summed E-state index contributed by atoms with van der Waals surface area (Å²) in [7, 11) is 1.61. The van der Waals surface area contributed by atoms with Crippen LogP contribution in [0.3, 0.4) is 0 Å². The number of ether oxygens (including phenoxy) is 2. The molecule has 172 valence electrons. The minimum Gasteiger partial charge on any atom is -0.507 e. The van der Waals surface area contributed by atoms with Crippen molar-refractivity contribution < 1.29 is 19.4 Å². The third-order valence-corrected chi connectivity index (χ3v) is 6.36. The average molecular weight is 449 g/mol. The van der Waals surface area contributed by atoms with Gasteiger partial charge in [-0.2, -0.15) is 0 Å². The Balaban J connectivity index is 1.40. The molecule has 0 saturated carbocycles. The van der Waals surface area contributed by atoms with Crippen LogP contribution in [0.5, 0.6) is 5.75 Å². The Labute approximate surface area is 192 Å². The molecule has 5 rings (SSSR count). The summed E-state index contributed by atoms with van der Waals surface area (Å²) < 4.78 is 10.9. The van der Waals surface area contributed by atoms with Crippen molar-refractivity contribution in [3.63, 3.8) is 0 Å². The number of nitrogens with zero attached hydrogens (tertiary/aromatic N) is 3. The van der Waals surface area contributed by atoms with Crippen LogP contribution in [0, 0.1) is 5.92 Å². The molecule has 3 heterocycles. The number of carbonyl (C=O) groups is 1. The van der Waals surface area contributed by atoms with Crippen LogP contribution in [0.15, 0.2) is 35.2 Å². The molecular weight excluding hydrogens is 420 g/mol. The first kappa shape index (κ1) is 21.5. The van der Waals surface area contributed by atoms with Crippen LogP contribution in [0.4, 0.5) is 0 Å². The van der Waals surface area contributed by atoms with E-state index in [0.717, 1.165) is 48.3 Å². The standard InChI is InChI=1S/C25H28N4O4/c1-32-24-18(4-2-9-26-24)16-6-8-22(30)19(14-16)23-27-20-7-5-17(15-21(20)28-23)25(31)29-10-3-12-33-13-11-29/h5-9,14,17,30H,2-4,10-13,15H2,1H3,(H,27,28). The quantitative estimate of drug-likeness (QED) is 0.747. The summed E-state index contributed by atoms with van der Waals surface area (Å²) in [5, 5.41) is 10.6. The molecule has 1 aliphatic carbocycles. The molecule has 1 unspecified atom stereocenters. The molecule has 2 N–H and O–H groups in total. The molecule has 1 fully saturated rings. The van der Waals surface area contributed by atoms with Crippen molar-refractivity contribution in [3.05, 3.63) is 47.1 Å². The van der Waals surface area contributed by atoms with Crippen molar-refractivity contribution >= 4 is 23.8 Å². The van der Waals surface area contributed by atoms with Crippen LogP contribution in [0.1, 0.15) is 36.2 Å². The summed E-state index contributed by atoms with van der Waals surface area (Å²) in [4.78, 5) is 27.3. The predicted molar refractivity (Wildman–Crippen MR) is 126 cm³/mol. The number of aromatic nitrogens is 2. The number of fused-ring (bicyclic) bond motifs is 1. The third kappa shape index (κ3) is 4.30. The third-order valence-electron chi connectivity index (χ3n) is 6.36. The second-order valence-electron chi connectivity index (χ2n) is 8.48. The summed E-state index contributed by atoms with van der Waals surface area (Å²) in [6.07, 6.45) is 8.78. The summed E-state index contributed by atoms with van der Waals surface area (Å²) in [6.45, 7) is 2.66. The molecule has 1 saturated heterocycles. The summed E-state index contributed by atoms with van der Waals surface area (Å²) in [6, 6.07) is 5.46. The zero-order valence-corrected chi connectivity index (χ0v) is 18.7. The van der Waals surface area contributed by atoms with E-state index >= 15 is 0 Å². The van der Waals surface area contributed by atoms with Crippen molar-refractivity contribution in [1.29, 1.82) is 0 Å². The van der Waals surface area contributed by atoms with E-state index in [0.29, 0.717) is 43.5 Å². The van der Waals surface area contributed by atoms with Gasteiger partial charge in [0.1, 0.15) is 11.6 Å². The number of rotatable bonds is 4. The zero-order chi connectivity index (χ0) is 22.8. The number of phenolic OH excluding ortho intramolecular Hbond substituents is 1. The van der Waals surface area contributed by atoms with E-state index in [2.05, 4.69) is 9.98 Å². The number of aliphatic imine (C=N–C) groups is 1. The van der Waals surface area contributed by atoms with Crippen LogP contribution >= 0.6 is 0 Å². The van der Waals surface area contributed by atoms with E-state index in [1.807, 2.05) is 35.4 Å². The second kappa shape index (κ2) is 9.23. The summed E-state index contributed by atoms with van der Waals surface area (Å²) in [5.74, 6) is 1.22. The van der Waals surface area contributed by atoms with Gasteiger partial charge < -0.3 is 24.5 Å². The lowest BCUT2D eigenvalue weighted by Gasteiger charge is -2.25. The number of amides is 1. The summed E-state index contributed by atoms with van der Waals surface area (Å²) >= 11 is 0. The highest BCUT2D eigenvalue weighted by Crippen LogP contribution is 2.35. The van der Waals surface area contributed by atoms with Crippen LogP contribution < -0.4 is 0 Å². The molecule has 33 heavy (non-hydrogen) atoms. The van der Waals surface area contributed by atoms with Gasteiger partial charge in [-0.05, 0) is 43.0 Å². The molecular formula is C25H28N4O4. The molecule has 0 spiro atoms. The minimum absolute atomic E-state index is 0.125. The number of methoxy groups -OCH3 is 1. The molecule has 1 aromatic heterocycles. The predicted octanol–water partition coefficient (Wildman–Crippen LogP) is 3.40. The fraction of sp³-hybridized carbons (Fsp3) is 0.400. The number of carbonyl (C=O) groups excluding carboxylic acids is 1. The molecule has 0 bridgehead atoms. The Bertz CT molecular complexity index is 1140. The number of nitrogens with one attached hydrogen (secondary N) is 1. The molecule has 8 heteroatoms. The van der Waals surface area contributed by atoms with Gasteiger partial charge in [-0.3, -0.25) is 4.79 Å². The maximum absolute atomic E-state index is 13.0. The van der Waals surface area contributed by atoms with Crippen molar-refractivity contribution in [1.82, 2.24) is 14.9 Å². The average Bonchev–Trinajstić information content (AvgIpc) is 3.08. The highest BCUT2D eigenvalue weighted by molar-refractivity contribution is 5.83. The normalized spacial score (nSPS) is 20.5. The summed E-state index contributed by atoms with van der Waals surface area (Å²) in [5.41, 5.74) is 4.26. The number of aromatic amines is 1. The van der Waals surface area contributed by atoms with Gasteiger partial charge >= 0.3 is 0 Å². The second-order valence-corrected chi connectivity index (χ2v) is 8.48. The number of aromatic hydroxyl groups is 1. The van der Waals surface area contributed by atoms with Crippen LogP contribution in [-0.2, 0) is 20.7 Å². The van der Waals surface area contributed by atoms with Crippen molar-refractivity contribution in [2.75, 3.05) is 33.4 Å². The van der Waals surface area contributed by atoms with Crippen molar-refractivity contribution in [3.8, 4) is 17.1 Å². The number of phenols is 1. The van der Waals surface area contributed by atoms with Gasteiger partial charge in [-0.25, -0.2) is 9.98 Å². The number of benzene rings is 1. The molecule has 1 atom stereocenters. The van der Waals surface area contributed by atoms with Crippen LogP contribution in [0.25, 0.3) is 23.0 Å². The molecule has 0 radical (unpaired) electrons. The Kier molecular flexibility index (Phi) is 6.00. The first-order valence-corrected chi connectivity index (χ1v) is 11.4. The Morgan fingerprint density at radius 1 is 1.30 bits per heavy atom. The molecule has 8 nitrogen and oxygen atoms in total. The van der Waals surface area contributed by atoms with Gasteiger partial charge in [0.15, 0.2) is 0 Å². The van der Waals surface area contributed by atoms with Gasteiger partial charge in [-0.15, -0.1) is 0 Å². The molecule has 1 aromatic carbocycles. The molecule has 2 aromatic rings. The zero-order valence-electron chi connectivity index (χ0n) is 18.7. The number of hydrogen-bond donors (Lipinski definition) is 2. The SMILES string of the molecule is COC1=C(c2ccc(O)c(-c3nc4c([nH]3)CC(C(=O)N3CCCOCC3)C=C4)c2)CCC=N1. The molecule has 1 amide bonds. The van der Waals surface area contributed by atoms with Crippen LogP contribution in [-0.4, -0.2) is 65.5 Å². The first-order valence-electron chi connectivity index (χ1n) is 11.4. The van der Waals surface area contributed by atoms with Gasteiger partial charge in [0.05, 0.1) is 30.9 Å². The van der Waals surface area contributed by atoms with Gasteiger partial charge in [-0.1, -0.05) is 12.1 Å². The van der Waals surface area contributed by atoms with E-state index in [1.165, 1.54) is 0 Å². The lowest BCUT2D eigenvalue weighted by atomic mass is 9.95. The van der Waals surface area contributed by atoms with Gasteiger partial charge in [0.2, 0.25) is 11.8 Å². The topological polar surface area (TPSA) is 100 Å².